The van der Waals surface area contributed by atoms with Crippen LogP contribution in [0.15, 0.2) is 71.7 Å². The van der Waals surface area contributed by atoms with Crippen molar-refractivity contribution in [3.05, 3.63) is 104 Å². The van der Waals surface area contributed by atoms with Gasteiger partial charge in [0.25, 0.3) is 11.5 Å². The average molecular weight is 619 g/mol. The zero-order valence-corrected chi connectivity index (χ0v) is 25.0. The third-order valence-electron chi connectivity index (χ3n) is 7.78. The number of hydrogen-bond donors (Lipinski definition) is 1. The quantitative estimate of drug-likeness (QED) is 0.291. The molecular formula is C32H29Cl2N5O4. The smallest absolute Gasteiger partial charge is 0.299 e. The predicted octanol–water partition coefficient (Wildman–Crippen LogP) is 5.87. The molecule has 1 aliphatic carbocycles. The number of nitrogens with zero attached hydrogens (tertiary/aromatic N) is 4. The number of aromatic nitrogens is 2. The van der Waals surface area contributed by atoms with Crippen LogP contribution in [0.5, 0.6) is 11.5 Å². The van der Waals surface area contributed by atoms with Gasteiger partial charge in [-0.3, -0.25) is 14.4 Å². The maximum absolute atomic E-state index is 13.9. The molecule has 1 saturated heterocycles. The first-order valence-electron chi connectivity index (χ1n) is 14.1. The van der Waals surface area contributed by atoms with Gasteiger partial charge in [-0.15, -0.1) is 0 Å². The molecule has 4 aromatic rings. The minimum Gasteiger partial charge on any atom is -0.453 e. The molecule has 0 bridgehead atoms. The molecule has 0 radical (unpaired) electrons. The SMILES string of the molecule is CC(=O)N1CCN(C(=O)c2cccc(Nc3c(Oc4ccc5c(c4)CCC5)cnn(-c4ccc(Cl)c(Cl)c4)c3=O)c2)CC1. The molecule has 2 amide bonds. The molecule has 2 heterocycles. The first-order chi connectivity index (χ1) is 20.8. The van der Waals surface area contributed by atoms with Crippen LogP contribution in [0, 0.1) is 0 Å². The summed E-state index contributed by atoms with van der Waals surface area (Å²) in [6, 6.07) is 17.7. The number of nitrogens with one attached hydrogen (secondary N) is 1. The standard InChI is InChI=1S/C32H29Cl2N5O4/c1-20(40)37-12-14-38(15-13-37)31(41)23-6-3-7-24(16-23)36-30-29(43-26-10-8-21-4-2-5-22(21)17-26)19-35-39(32(30)42)25-9-11-27(33)28(34)18-25/h3,6-11,16-19,36H,2,4-5,12-15H2,1H3. The zero-order valence-electron chi connectivity index (χ0n) is 23.5. The van der Waals surface area contributed by atoms with E-state index in [1.165, 1.54) is 28.9 Å². The maximum atomic E-state index is 13.9. The fourth-order valence-corrected chi connectivity index (χ4v) is 5.74. The number of aryl methyl sites for hydroxylation is 2. The van der Waals surface area contributed by atoms with Crippen LogP contribution in [0.2, 0.25) is 10.0 Å². The first kappa shape index (κ1) is 28.8. The molecule has 0 atom stereocenters. The van der Waals surface area contributed by atoms with E-state index in [9.17, 15) is 14.4 Å². The van der Waals surface area contributed by atoms with Crippen molar-refractivity contribution < 1.29 is 14.3 Å². The largest absolute Gasteiger partial charge is 0.453 e. The molecule has 1 N–H and O–H groups in total. The second-order valence-corrected chi connectivity index (χ2v) is 11.4. The van der Waals surface area contributed by atoms with Gasteiger partial charge in [0.1, 0.15) is 5.75 Å². The fourth-order valence-electron chi connectivity index (χ4n) is 5.45. The van der Waals surface area contributed by atoms with Gasteiger partial charge < -0.3 is 19.9 Å². The summed E-state index contributed by atoms with van der Waals surface area (Å²) in [4.78, 5) is 42.4. The number of ether oxygens (including phenoxy) is 1. The molecule has 1 fully saturated rings. The molecule has 3 aromatic carbocycles. The highest BCUT2D eigenvalue weighted by molar-refractivity contribution is 6.42. The van der Waals surface area contributed by atoms with Crippen LogP contribution in [0.1, 0.15) is 34.8 Å². The highest BCUT2D eigenvalue weighted by Crippen LogP contribution is 2.33. The maximum Gasteiger partial charge on any atom is 0.299 e. The number of piperazine rings is 1. The summed E-state index contributed by atoms with van der Waals surface area (Å²) < 4.78 is 7.44. The van der Waals surface area contributed by atoms with Crippen LogP contribution in [-0.4, -0.2) is 57.6 Å². The van der Waals surface area contributed by atoms with Crippen LogP contribution in [0.4, 0.5) is 11.4 Å². The van der Waals surface area contributed by atoms with Crippen molar-refractivity contribution in [2.75, 3.05) is 31.5 Å². The van der Waals surface area contributed by atoms with Gasteiger partial charge >= 0.3 is 0 Å². The summed E-state index contributed by atoms with van der Waals surface area (Å²) in [5, 5.41) is 8.20. The molecule has 0 saturated carbocycles. The van der Waals surface area contributed by atoms with E-state index in [4.69, 9.17) is 27.9 Å². The molecule has 0 spiro atoms. The van der Waals surface area contributed by atoms with E-state index in [1.54, 1.807) is 52.3 Å². The third kappa shape index (κ3) is 6.09. The van der Waals surface area contributed by atoms with Gasteiger partial charge in [0.15, 0.2) is 11.4 Å². The minimum absolute atomic E-state index is 0.0000803. The van der Waals surface area contributed by atoms with Gasteiger partial charge in [-0.1, -0.05) is 35.3 Å². The van der Waals surface area contributed by atoms with Crippen LogP contribution in [0.25, 0.3) is 5.69 Å². The Balaban J connectivity index is 1.33. The van der Waals surface area contributed by atoms with Gasteiger partial charge in [0.05, 0.1) is 21.9 Å². The van der Waals surface area contributed by atoms with Crippen molar-refractivity contribution >= 4 is 46.4 Å². The number of hydrogen-bond acceptors (Lipinski definition) is 6. The monoisotopic (exact) mass is 617 g/mol. The highest BCUT2D eigenvalue weighted by atomic mass is 35.5. The predicted molar refractivity (Wildman–Crippen MR) is 166 cm³/mol. The lowest BCUT2D eigenvalue weighted by molar-refractivity contribution is -0.130. The van der Waals surface area contributed by atoms with Crippen molar-refractivity contribution in [2.45, 2.75) is 26.2 Å². The number of carbonyl (C=O) groups excluding carboxylic acids is 2. The Morgan fingerprint density at radius 3 is 2.42 bits per heavy atom. The number of benzene rings is 3. The normalized spacial score (nSPS) is 14.4. The Bertz CT molecular complexity index is 1780. The first-order valence-corrected chi connectivity index (χ1v) is 14.8. The lowest BCUT2D eigenvalue weighted by atomic mass is 10.1. The summed E-state index contributed by atoms with van der Waals surface area (Å²) in [6.45, 7) is 3.42. The second kappa shape index (κ2) is 12.1. The fraction of sp³-hybridized carbons (Fsp3) is 0.250. The second-order valence-electron chi connectivity index (χ2n) is 10.6. The van der Waals surface area contributed by atoms with Gasteiger partial charge in [0.2, 0.25) is 5.91 Å². The van der Waals surface area contributed by atoms with Crippen LogP contribution in [-0.2, 0) is 17.6 Å². The van der Waals surface area contributed by atoms with Crippen molar-refractivity contribution in [2.24, 2.45) is 0 Å². The number of halogens is 2. The molecule has 11 heteroatoms. The van der Waals surface area contributed by atoms with Crippen LogP contribution >= 0.6 is 23.2 Å². The van der Waals surface area contributed by atoms with Gasteiger partial charge in [0, 0.05) is 44.4 Å². The highest BCUT2D eigenvalue weighted by Gasteiger charge is 2.24. The minimum atomic E-state index is -0.478. The molecule has 1 aliphatic heterocycles. The Morgan fingerprint density at radius 2 is 1.65 bits per heavy atom. The Labute approximate surface area is 258 Å². The zero-order chi connectivity index (χ0) is 30.1. The van der Waals surface area contributed by atoms with Gasteiger partial charge in [-0.25, -0.2) is 0 Å². The van der Waals surface area contributed by atoms with Crippen LogP contribution < -0.4 is 15.6 Å². The number of carbonyl (C=O) groups is 2. The number of anilines is 2. The summed E-state index contributed by atoms with van der Waals surface area (Å²) in [7, 11) is 0. The van der Waals surface area contributed by atoms with E-state index in [-0.39, 0.29) is 28.3 Å². The number of amides is 2. The van der Waals surface area contributed by atoms with E-state index < -0.39 is 5.56 Å². The Kier molecular flexibility index (Phi) is 8.10. The van der Waals surface area contributed by atoms with E-state index in [0.29, 0.717) is 53.9 Å². The summed E-state index contributed by atoms with van der Waals surface area (Å²) in [6.07, 6.45) is 4.61. The lowest BCUT2D eigenvalue weighted by Crippen LogP contribution is -2.50. The number of rotatable bonds is 6. The van der Waals surface area contributed by atoms with Crippen molar-refractivity contribution in [1.82, 2.24) is 19.6 Å². The van der Waals surface area contributed by atoms with Crippen LogP contribution in [0.3, 0.4) is 0 Å². The molecule has 220 valence electrons. The average Bonchev–Trinajstić information content (AvgIpc) is 3.48. The molecule has 0 unspecified atom stereocenters. The van der Waals surface area contributed by atoms with E-state index in [1.807, 2.05) is 12.1 Å². The lowest BCUT2D eigenvalue weighted by Gasteiger charge is -2.34. The van der Waals surface area contributed by atoms with Crippen molar-refractivity contribution in [1.29, 1.82) is 0 Å². The van der Waals surface area contributed by atoms with E-state index >= 15 is 0 Å². The number of fused-ring (bicyclic) bond motifs is 1. The molecule has 9 nitrogen and oxygen atoms in total. The molecular weight excluding hydrogens is 589 g/mol. The topological polar surface area (TPSA) is 96.8 Å². The summed E-state index contributed by atoms with van der Waals surface area (Å²) >= 11 is 12.3. The Hall–Kier alpha value is -4.34. The van der Waals surface area contributed by atoms with E-state index in [0.717, 1.165) is 19.3 Å². The summed E-state index contributed by atoms with van der Waals surface area (Å²) in [5.74, 6) is 0.687. The van der Waals surface area contributed by atoms with Crippen molar-refractivity contribution in [3.63, 3.8) is 0 Å². The molecule has 43 heavy (non-hydrogen) atoms. The molecule has 1 aromatic heterocycles. The molecule has 6 rings (SSSR count). The van der Waals surface area contributed by atoms with E-state index in [2.05, 4.69) is 16.5 Å². The molecule has 2 aliphatic rings. The van der Waals surface area contributed by atoms with Gasteiger partial charge in [-0.05, 0) is 78.9 Å². The Morgan fingerprint density at radius 1 is 0.884 bits per heavy atom. The van der Waals surface area contributed by atoms with Crippen molar-refractivity contribution in [3.8, 4) is 17.2 Å². The van der Waals surface area contributed by atoms with Gasteiger partial charge in [-0.2, -0.15) is 9.78 Å². The third-order valence-corrected chi connectivity index (χ3v) is 8.52. The summed E-state index contributed by atoms with van der Waals surface area (Å²) in [5.41, 5.74) is 3.62.